The average Bonchev–Trinajstić information content (AvgIpc) is 2.82. The summed E-state index contributed by atoms with van der Waals surface area (Å²) in [7, 11) is 2.04. The zero-order valence-electron chi connectivity index (χ0n) is 20.4. The third-order valence-corrected chi connectivity index (χ3v) is 7.40. The van der Waals surface area contributed by atoms with Crippen LogP contribution in [0, 0.1) is 17.7 Å². The smallest absolute Gasteiger partial charge is 0.246 e. The molecule has 194 valence electrons. The second kappa shape index (κ2) is 12.4. The summed E-state index contributed by atoms with van der Waals surface area (Å²) < 4.78 is 14.2. The number of anilines is 1. The third kappa shape index (κ3) is 6.60. The van der Waals surface area contributed by atoms with Crippen LogP contribution in [0.3, 0.4) is 0 Å². The zero-order valence-corrected chi connectivity index (χ0v) is 22.8. The predicted octanol–water partition coefficient (Wildman–Crippen LogP) is 5.57. The number of hydrogen-bond donors (Lipinski definition) is 0. The van der Waals surface area contributed by atoms with Gasteiger partial charge in [-0.1, -0.05) is 48.3 Å². The lowest BCUT2D eigenvalue weighted by Crippen LogP contribution is -2.46. The number of carbonyl (C=O) groups is 2. The number of amides is 2. The molecule has 0 aliphatic carbocycles. The summed E-state index contributed by atoms with van der Waals surface area (Å²) in [5.41, 5.74) is 1.79. The minimum atomic E-state index is -0.234. The first-order valence-electron chi connectivity index (χ1n) is 11.9. The molecule has 0 spiro atoms. The normalized spacial score (nSPS) is 21.1. The molecule has 2 aromatic carbocycles. The Morgan fingerprint density at radius 3 is 2.39 bits per heavy atom. The van der Waals surface area contributed by atoms with E-state index in [1.54, 1.807) is 35.2 Å². The molecule has 0 saturated carbocycles. The number of rotatable bonds is 5. The van der Waals surface area contributed by atoms with E-state index in [0.29, 0.717) is 59.3 Å². The van der Waals surface area contributed by atoms with Gasteiger partial charge in [0.25, 0.3) is 0 Å². The van der Waals surface area contributed by atoms with E-state index in [9.17, 15) is 14.0 Å². The van der Waals surface area contributed by atoms with Crippen LogP contribution in [0.15, 0.2) is 42.5 Å². The average molecular weight is 555 g/mol. The number of piperazine rings is 1. The Morgan fingerprint density at radius 1 is 1.11 bits per heavy atom. The minimum absolute atomic E-state index is 0. The van der Waals surface area contributed by atoms with Crippen LogP contribution >= 0.6 is 35.6 Å². The molecule has 0 unspecified atom stereocenters. The number of hydrogen-bond acceptors (Lipinski definition) is 3. The van der Waals surface area contributed by atoms with Crippen molar-refractivity contribution in [2.24, 2.45) is 11.8 Å². The Bertz CT molecular complexity index is 1110. The van der Waals surface area contributed by atoms with Crippen molar-refractivity contribution >= 4 is 59.2 Å². The Morgan fingerprint density at radius 2 is 1.75 bits per heavy atom. The fraction of sp³-hybridized carbons (Fsp3) is 0.407. The molecular weight excluding hydrogens is 524 g/mol. The second-order valence-corrected chi connectivity index (χ2v) is 10.4. The van der Waals surface area contributed by atoms with E-state index in [0.717, 1.165) is 13.1 Å². The molecule has 0 aromatic heterocycles. The SMILES string of the molecule is C[C@@H]1C[C@H](Cc2ccccc2F)CN(c2c(Cl)cc(/C=C/C(=O)N3CCN(C)CC3)cc2Cl)C1=O.Cl. The summed E-state index contributed by atoms with van der Waals surface area (Å²) in [6.45, 7) is 5.39. The summed E-state index contributed by atoms with van der Waals surface area (Å²) in [5, 5.41) is 0.688. The van der Waals surface area contributed by atoms with Crippen molar-refractivity contribution in [3.63, 3.8) is 0 Å². The van der Waals surface area contributed by atoms with Gasteiger partial charge >= 0.3 is 0 Å². The molecule has 0 radical (unpaired) electrons. The monoisotopic (exact) mass is 553 g/mol. The molecule has 9 heteroatoms. The van der Waals surface area contributed by atoms with Crippen LogP contribution < -0.4 is 4.90 Å². The number of carbonyl (C=O) groups excluding carboxylic acids is 2. The topological polar surface area (TPSA) is 43.9 Å². The zero-order chi connectivity index (χ0) is 25.1. The molecule has 5 nitrogen and oxygen atoms in total. The molecule has 2 heterocycles. The molecule has 2 amide bonds. The van der Waals surface area contributed by atoms with Crippen molar-refractivity contribution in [1.82, 2.24) is 9.80 Å². The lowest BCUT2D eigenvalue weighted by atomic mass is 9.85. The Kier molecular flexibility index (Phi) is 9.81. The first-order chi connectivity index (χ1) is 16.7. The van der Waals surface area contributed by atoms with Gasteiger partial charge in [-0.2, -0.15) is 0 Å². The Hall–Kier alpha value is -2.12. The summed E-state index contributed by atoms with van der Waals surface area (Å²) in [4.78, 5) is 31.2. The van der Waals surface area contributed by atoms with Crippen LogP contribution in [0.5, 0.6) is 0 Å². The van der Waals surface area contributed by atoms with Crippen LogP contribution in [-0.2, 0) is 16.0 Å². The summed E-state index contributed by atoms with van der Waals surface area (Å²) in [6.07, 6.45) is 4.44. The summed E-state index contributed by atoms with van der Waals surface area (Å²) >= 11 is 13.2. The van der Waals surface area contributed by atoms with E-state index < -0.39 is 0 Å². The largest absolute Gasteiger partial charge is 0.337 e. The highest BCUT2D eigenvalue weighted by Gasteiger charge is 2.34. The van der Waals surface area contributed by atoms with Gasteiger partial charge in [0.15, 0.2) is 0 Å². The molecular formula is C27H31Cl3FN3O2. The molecule has 2 aromatic rings. The first-order valence-corrected chi connectivity index (χ1v) is 12.7. The molecule has 2 aliphatic heterocycles. The van der Waals surface area contributed by atoms with Gasteiger partial charge in [0.1, 0.15) is 5.82 Å². The van der Waals surface area contributed by atoms with E-state index in [4.69, 9.17) is 23.2 Å². The maximum atomic E-state index is 14.2. The number of piperidine rings is 1. The fourth-order valence-corrected chi connectivity index (χ4v) is 5.56. The van der Waals surface area contributed by atoms with E-state index in [-0.39, 0.29) is 41.9 Å². The van der Waals surface area contributed by atoms with E-state index in [1.165, 1.54) is 12.1 Å². The number of halogens is 4. The summed E-state index contributed by atoms with van der Waals surface area (Å²) in [5.74, 6) is -0.486. The van der Waals surface area contributed by atoms with E-state index >= 15 is 0 Å². The second-order valence-electron chi connectivity index (χ2n) is 9.54. The molecule has 4 rings (SSSR count). The Labute approximate surface area is 228 Å². The van der Waals surface area contributed by atoms with Crippen LogP contribution in [-0.4, -0.2) is 61.4 Å². The quantitative estimate of drug-likeness (QED) is 0.454. The van der Waals surface area contributed by atoms with Gasteiger partial charge in [-0.3, -0.25) is 9.59 Å². The lowest BCUT2D eigenvalue weighted by molar-refractivity contribution is -0.127. The van der Waals surface area contributed by atoms with Gasteiger partial charge in [-0.15, -0.1) is 12.4 Å². The van der Waals surface area contributed by atoms with Crippen LogP contribution in [0.2, 0.25) is 10.0 Å². The van der Waals surface area contributed by atoms with Crippen LogP contribution in [0.25, 0.3) is 6.08 Å². The first kappa shape index (κ1) is 28.5. The minimum Gasteiger partial charge on any atom is -0.337 e. The van der Waals surface area contributed by atoms with Gasteiger partial charge in [-0.25, -0.2) is 4.39 Å². The maximum absolute atomic E-state index is 14.2. The molecule has 0 N–H and O–H groups in total. The van der Waals surface area contributed by atoms with Gasteiger partial charge in [0.2, 0.25) is 11.8 Å². The number of nitrogens with zero attached hydrogens (tertiary/aromatic N) is 3. The highest BCUT2D eigenvalue weighted by molar-refractivity contribution is 6.40. The van der Waals surface area contributed by atoms with Crippen molar-refractivity contribution in [2.45, 2.75) is 19.8 Å². The number of likely N-dealkylation sites (N-methyl/N-ethyl adjacent to an activating group) is 1. The number of benzene rings is 2. The van der Waals surface area contributed by atoms with Crippen molar-refractivity contribution in [3.05, 3.63) is 69.5 Å². The predicted molar refractivity (Wildman–Crippen MR) is 147 cm³/mol. The van der Waals surface area contributed by atoms with Gasteiger partial charge in [-0.05, 0) is 61.2 Å². The molecule has 2 saturated heterocycles. The van der Waals surface area contributed by atoms with Gasteiger partial charge < -0.3 is 14.7 Å². The van der Waals surface area contributed by atoms with E-state index in [2.05, 4.69) is 4.90 Å². The van der Waals surface area contributed by atoms with Crippen molar-refractivity contribution < 1.29 is 14.0 Å². The maximum Gasteiger partial charge on any atom is 0.246 e. The van der Waals surface area contributed by atoms with Crippen LogP contribution in [0.4, 0.5) is 10.1 Å². The Balaban J connectivity index is 0.00000361. The highest BCUT2D eigenvalue weighted by atomic mass is 35.5. The third-order valence-electron chi connectivity index (χ3n) is 6.82. The molecule has 36 heavy (non-hydrogen) atoms. The standard InChI is InChI=1S/C27H30Cl2FN3O2.ClH/c1-18-13-20(14-21-5-3-4-6-24(21)30)17-33(27(18)35)26-22(28)15-19(16-23(26)29)7-8-25(34)32-11-9-31(2)10-12-32;/h3-8,15-16,18,20H,9-14,17H2,1-2H3;1H/b8-7+;/t18-,20-;/m1./s1. The molecule has 2 aliphatic rings. The molecule has 2 fully saturated rings. The van der Waals surface area contributed by atoms with Gasteiger partial charge in [0, 0.05) is 44.7 Å². The lowest BCUT2D eigenvalue weighted by Gasteiger charge is -2.37. The van der Waals surface area contributed by atoms with Crippen molar-refractivity contribution in [2.75, 3.05) is 44.7 Å². The molecule has 2 atom stereocenters. The summed E-state index contributed by atoms with van der Waals surface area (Å²) in [6, 6.07) is 10.2. The highest BCUT2D eigenvalue weighted by Crippen LogP contribution is 2.39. The van der Waals surface area contributed by atoms with Crippen molar-refractivity contribution in [1.29, 1.82) is 0 Å². The van der Waals surface area contributed by atoms with E-state index in [1.807, 2.05) is 24.9 Å². The molecule has 0 bridgehead atoms. The van der Waals surface area contributed by atoms with Gasteiger partial charge in [0.05, 0.1) is 15.7 Å². The van der Waals surface area contributed by atoms with Crippen molar-refractivity contribution in [3.8, 4) is 0 Å². The van der Waals surface area contributed by atoms with Crippen LogP contribution in [0.1, 0.15) is 24.5 Å². The fourth-order valence-electron chi connectivity index (χ4n) is 4.85.